The molecule has 0 saturated heterocycles. The normalized spacial score (nSPS) is 11.3. The van der Waals surface area contributed by atoms with Crippen LogP contribution in [0.2, 0.25) is 5.15 Å². The summed E-state index contributed by atoms with van der Waals surface area (Å²) in [6.45, 7) is 0. The van der Waals surface area contributed by atoms with Crippen molar-refractivity contribution in [2.75, 3.05) is 22.9 Å². The molecule has 33 heavy (non-hydrogen) atoms. The molecule has 0 aliphatic heterocycles. The largest absolute Gasteiger partial charge is 0.497 e. The number of thioether (sulfide) groups is 1. The Morgan fingerprint density at radius 3 is 2.61 bits per heavy atom. The quantitative estimate of drug-likeness (QED) is 0.309. The van der Waals surface area contributed by atoms with Gasteiger partial charge in [-0.3, -0.25) is 9.52 Å². The van der Waals surface area contributed by atoms with Gasteiger partial charge in [-0.25, -0.2) is 13.4 Å². The molecule has 0 radical (unpaired) electrons. The zero-order valence-electron chi connectivity index (χ0n) is 17.1. The number of aromatic amines is 1. The minimum absolute atomic E-state index is 0.00401. The second kappa shape index (κ2) is 9.65. The van der Waals surface area contributed by atoms with E-state index in [1.165, 1.54) is 48.2 Å². The minimum Gasteiger partial charge on any atom is -0.497 e. The van der Waals surface area contributed by atoms with Crippen molar-refractivity contribution in [1.29, 1.82) is 0 Å². The van der Waals surface area contributed by atoms with E-state index in [1.807, 2.05) is 18.2 Å². The maximum Gasteiger partial charge on any atom is 0.263 e. The van der Waals surface area contributed by atoms with Crippen LogP contribution in [0.25, 0.3) is 11.0 Å². The maximum absolute atomic E-state index is 12.5. The first-order chi connectivity index (χ1) is 15.8. The lowest BCUT2D eigenvalue weighted by atomic mass is 10.3. The Balaban J connectivity index is 1.34. The monoisotopic (exact) mass is 504 g/mol. The number of H-pyrrole nitrogens is 1. The number of rotatable bonds is 8. The molecule has 4 aromatic rings. The summed E-state index contributed by atoms with van der Waals surface area (Å²) in [6.07, 6.45) is 0. The number of fused-ring (bicyclic) bond motifs is 1. The van der Waals surface area contributed by atoms with Crippen LogP contribution in [0, 0.1) is 0 Å². The van der Waals surface area contributed by atoms with Crippen molar-refractivity contribution in [2.24, 2.45) is 0 Å². The molecule has 3 N–H and O–H groups in total. The predicted molar refractivity (Wildman–Crippen MR) is 126 cm³/mol. The molecule has 0 spiro atoms. The summed E-state index contributed by atoms with van der Waals surface area (Å²) >= 11 is 6.90. The van der Waals surface area contributed by atoms with Gasteiger partial charge in [0.05, 0.1) is 28.8 Å². The Morgan fingerprint density at radius 1 is 1.12 bits per heavy atom. The van der Waals surface area contributed by atoms with Crippen LogP contribution in [0.15, 0.2) is 64.6 Å². The van der Waals surface area contributed by atoms with Gasteiger partial charge >= 0.3 is 0 Å². The van der Waals surface area contributed by atoms with Crippen molar-refractivity contribution in [3.05, 3.63) is 59.8 Å². The highest BCUT2D eigenvalue weighted by atomic mass is 35.5. The highest BCUT2D eigenvalue weighted by Gasteiger charge is 2.15. The van der Waals surface area contributed by atoms with Crippen LogP contribution in [0.5, 0.6) is 5.75 Å². The van der Waals surface area contributed by atoms with Gasteiger partial charge in [-0.15, -0.1) is 10.2 Å². The third kappa shape index (κ3) is 5.72. The number of nitrogens with one attached hydrogen (secondary N) is 3. The Kier molecular flexibility index (Phi) is 6.67. The fraction of sp³-hybridized carbons (Fsp3) is 0.100. The van der Waals surface area contributed by atoms with E-state index in [0.717, 1.165) is 11.0 Å². The molecule has 13 heteroatoms. The second-order valence-electron chi connectivity index (χ2n) is 6.63. The van der Waals surface area contributed by atoms with Crippen molar-refractivity contribution in [2.45, 2.75) is 10.1 Å². The predicted octanol–water partition coefficient (Wildman–Crippen LogP) is 3.55. The number of carbonyl (C=O) groups is 1. The molecule has 0 atom stereocenters. The van der Waals surface area contributed by atoms with Crippen LogP contribution in [0.1, 0.15) is 0 Å². The van der Waals surface area contributed by atoms with Gasteiger partial charge in [-0.05, 0) is 48.5 Å². The molecule has 2 aromatic heterocycles. The van der Waals surface area contributed by atoms with Gasteiger partial charge in [0.15, 0.2) is 16.1 Å². The first-order valence-electron chi connectivity index (χ1n) is 9.41. The van der Waals surface area contributed by atoms with Crippen LogP contribution in [-0.4, -0.2) is 47.4 Å². The van der Waals surface area contributed by atoms with Gasteiger partial charge in [0.1, 0.15) is 5.75 Å². The first-order valence-corrected chi connectivity index (χ1v) is 12.3. The first kappa shape index (κ1) is 22.8. The molecule has 0 unspecified atom stereocenters. The number of anilines is 2. The van der Waals surface area contributed by atoms with E-state index in [1.54, 1.807) is 7.11 Å². The van der Waals surface area contributed by atoms with E-state index in [0.29, 0.717) is 16.6 Å². The Labute approximate surface area is 198 Å². The number of aromatic nitrogens is 4. The SMILES string of the molecule is COc1ccc2nc(SCC(=O)Nc3ccc(S(=O)(=O)Nc4ccc(Cl)nn4)cc3)[nH]c2c1. The maximum atomic E-state index is 12.5. The summed E-state index contributed by atoms with van der Waals surface area (Å²) in [5.74, 6) is 0.608. The molecule has 0 fully saturated rings. The van der Waals surface area contributed by atoms with Gasteiger partial charge in [0, 0.05) is 11.8 Å². The van der Waals surface area contributed by atoms with Crippen molar-refractivity contribution >= 4 is 61.8 Å². The van der Waals surface area contributed by atoms with Crippen LogP contribution >= 0.6 is 23.4 Å². The van der Waals surface area contributed by atoms with E-state index in [9.17, 15) is 13.2 Å². The smallest absolute Gasteiger partial charge is 0.263 e. The highest BCUT2D eigenvalue weighted by Crippen LogP contribution is 2.23. The fourth-order valence-corrected chi connectivity index (χ4v) is 4.56. The standard InChI is InChI=1S/C20H17ClN6O4S2/c1-31-13-4-7-15-16(10-13)24-20(23-15)32-11-19(28)22-12-2-5-14(6-3-12)33(29,30)27-18-9-8-17(21)25-26-18/h2-10H,11H2,1H3,(H,22,28)(H,23,24)(H,26,27). The third-order valence-electron chi connectivity index (χ3n) is 4.33. The Bertz CT molecular complexity index is 1390. The van der Waals surface area contributed by atoms with Crippen LogP contribution in [0.3, 0.4) is 0 Å². The van der Waals surface area contributed by atoms with Crippen molar-refractivity contribution in [3.63, 3.8) is 0 Å². The number of nitrogens with zero attached hydrogens (tertiary/aromatic N) is 3. The minimum atomic E-state index is -3.87. The number of hydrogen-bond donors (Lipinski definition) is 3. The number of ether oxygens (including phenoxy) is 1. The lowest BCUT2D eigenvalue weighted by Gasteiger charge is -2.08. The number of amides is 1. The van der Waals surface area contributed by atoms with E-state index >= 15 is 0 Å². The summed E-state index contributed by atoms with van der Waals surface area (Å²) in [5.41, 5.74) is 2.04. The molecule has 4 rings (SSSR count). The Hall–Kier alpha value is -3.35. The van der Waals surface area contributed by atoms with Crippen molar-refractivity contribution in [1.82, 2.24) is 20.2 Å². The summed E-state index contributed by atoms with van der Waals surface area (Å²) in [5, 5.41) is 10.7. The van der Waals surface area contributed by atoms with Crippen molar-refractivity contribution in [3.8, 4) is 5.75 Å². The van der Waals surface area contributed by atoms with E-state index in [2.05, 4.69) is 30.2 Å². The molecule has 0 bridgehead atoms. The number of hydrogen-bond acceptors (Lipinski definition) is 8. The summed E-state index contributed by atoms with van der Waals surface area (Å²) in [7, 11) is -2.28. The zero-order chi connectivity index (χ0) is 23.4. The highest BCUT2D eigenvalue weighted by molar-refractivity contribution is 7.99. The molecule has 0 saturated carbocycles. The number of methoxy groups -OCH3 is 1. The molecule has 1 amide bonds. The number of carbonyl (C=O) groups excluding carboxylic acids is 1. The number of halogens is 1. The average molecular weight is 505 g/mol. The second-order valence-corrected chi connectivity index (χ2v) is 9.67. The van der Waals surface area contributed by atoms with Gasteiger partial charge < -0.3 is 15.0 Å². The van der Waals surface area contributed by atoms with E-state index in [4.69, 9.17) is 16.3 Å². The number of imidazole rings is 1. The average Bonchev–Trinajstić information content (AvgIpc) is 3.21. The molecule has 0 aliphatic rings. The molecule has 170 valence electrons. The Morgan fingerprint density at radius 2 is 1.91 bits per heavy atom. The zero-order valence-corrected chi connectivity index (χ0v) is 19.5. The lowest BCUT2D eigenvalue weighted by Crippen LogP contribution is -2.16. The third-order valence-corrected chi connectivity index (χ3v) is 6.77. The molecular formula is C20H17ClN6O4S2. The summed E-state index contributed by atoms with van der Waals surface area (Å²) in [4.78, 5) is 19.9. The van der Waals surface area contributed by atoms with Gasteiger partial charge in [-0.1, -0.05) is 23.4 Å². The van der Waals surface area contributed by atoms with E-state index < -0.39 is 10.0 Å². The molecule has 2 aromatic carbocycles. The molecule has 2 heterocycles. The molecular weight excluding hydrogens is 488 g/mol. The van der Waals surface area contributed by atoms with Crippen molar-refractivity contribution < 1.29 is 17.9 Å². The van der Waals surface area contributed by atoms with Gasteiger partial charge in [0.2, 0.25) is 5.91 Å². The fourth-order valence-electron chi connectivity index (χ4n) is 2.78. The van der Waals surface area contributed by atoms with E-state index in [-0.39, 0.29) is 27.5 Å². The van der Waals surface area contributed by atoms with Crippen LogP contribution in [0.4, 0.5) is 11.5 Å². The van der Waals surface area contributed by atoms with Crippen LogP contribution < -0.4 is 14.8 Å². The molecule has 10 nitrogen and oxygen atoms in total. The number of sulfonamides is 1. The summed E-state index contributed by atoms with van der Waals surface area (Å²) in [6, 6.07) is 14.0. The topological polar surface area (TPSA) is 139 Å². The molecule has 0 aliphatic carbocycles. The lowest BCUT2D eigenvalue weighted by molar-refractivity contribution is -0.113. The van der Waals surface area contributed by atoms with Gasteiger partial charge in [-0.2, -0.15) is 0 Å². The van der Waals surface area contributed by atoms with Crippen LogP contribution in [-0.2, 0) is 14.8 Å². The number of benzene rings is 2. The van der Waals surface area contributed by atoms with Gasteiger partial charge in [0.25, 0.3) is 10.0 Å². The summed E-state index contributed by atoms with van der Waals surface area (Å²) < 4.78 is 32.4.